The van der Waals surface area contributed by atoms with Gasteiger partial charge in [-0.25, -0.2) is 0 Å². The third-order valence-electron chi connectivity index (χ3n) is 5.88. The van der Waals surface area contributed by atoms with Gasteiger partial charge in [0.1, 0.15) is 0 Å². The molecule has 29 heavy (non-hydrogen) atoms. The van der Waals surface area contributed by atoms with Crippen LogP contribution in [0.15, 0.2) is 22.3 Å². The zero-order valence-corrected chi connectivity index (χ0v) is 23.8. The summed E-state index contributed by atoms with van der Waals surface area (Å²) in [6.45, 7) is 14.7. The van der Waals surface area contributed by atoms with E-state index in [-0.39, 0.29) is 18.2 Å². The van der Waals surface area contributed by atoms with Crippen LogP contribution in [0, 0.1) is 0 Å². The van der Waals surface area contributed by atoms with E-state index in [1.54, 1.807) is 0 Å². The third kappa shape index (κ3) is 11.2. The summed E-state index contributed by atoms with van der Waals surface area (Å²) in [6, 6.07) is 1.13. The Hall–Kier alpha value is -0.0744. The second-order valence-corrected chi connectivity index (χ2v) is 28.6. The molecule has 0 fully saturated rings. The predicted octanol–water partition coefficient (Wildman–Crippen LogP) is 7.14. The zero-order valence-electron chi connectivity index (χ0n) is 20.0. The van der Waals surface area contributed by atoms with Crippen LogP contribution in [0.1, 0.15) is 59.3 Å². The van der Waals surface area contributed by atoms with Crippen LogP contribution in [0.4, 0.5) is 0 Å². The quantitative estimate of drug-likeness (QED) is 0.167. The van der Waals surface area contributed by atoms with E-state index in [1.807, 2.05) is 6.08 Å². The van der Waals surface area contributed by atoms with Crippen molar-refractivity contribution in [3.05, 3.63) is 22.3 Å². The molecule has 5 heteroatoms. The second-order valence-electron chi connectivity index (χ2n) is 9.94. The summed E-state index contributed by atoms with van der Waals surface area (Å²) in [5.41, 5.74) is 0. The van der Waals surface area contributed by atoms with Crippen LogP contribution < -0.4 is 0 Å². The number of rotatable bonds is 15. The SMILES string of the molecule is CCC[CH2][Sn](/[CH]=C/[C@@H]1OC(=O)C=C[C@@H]1OCC[Si](C)(C)C)([CH2]CCC)[CH2]CCC. The van der Waals surface area contributed by atoms with Crippen molar-refractivity contribution in [1.29, 1.82) is 0 Å². The van der Waals surface area contributed by atoms with E-state index in [2.05, 4.69) is 50.6 Å². The topological polar surface area (TPSA) is 35.5 Å². The van der Waals surface area contributed by atoms with Crippen molar-refractivity contribution < 1.29 is 14.3 Å². The summed E-state index contributed by atoms with van der Waals surface area (Å²) in [4.78, 5) is 11.9. The first-order valence-electron chi connectivity index (χ1n) is 11.9. The van der Waals surface area contributed by atoms with Crippen LogP contribution in [0.2, 0.25) is 39.0 Å². The molecule has 1 heterocycles. The molecule has 0 N–H and O–H groups in total. The number of hydrogen-bond acceptors (Lipinski definition) is 3. The molecule has 0 aromatic rings. The van der Waals surface area contributed by atoms with Gasteiger partial charge in [0.25, 0.3) is 0 Å². The van der Waals surface area contributed by atoms with Crippen LogP contribution in [0.25, 0.3) is 0 Å². The van der Waals surface area contributed by atoms with Gasteiger partial charge in [0.2, 0.25) is 0 Å². The van der Waals surface area contributed by atoms with Crippen molar-refractivity contribution in [1.82, 2.24) is 0 Å². The molecular formula is C24H46O3SiSn. The summed E-state index contributed by atoms with van der Waals surface area (Å²) in [6.07, 6.45) is 13.1. The monoisotopic (exact) mass is 530 g/mol. The molecular weight excluding hydrogens is 483 g/mol. The molecule has 168 valence electrons. The van der Waals surface area contributed by atoms with Gasteiger partial charge >= 0.3 is 186 Å². The van der Waals surface area contributed by atoms with E-state index in [0.717, 1.165) is 12.7 Å². The Bertz CT molecular complexity index is 503. The van der Waals surface area contributed by atoms with E-state index in [4.69, 9.17) is 9.47 Å². The maximum atomic E-state index is 11.9. The Labute approximate surface area is 185 Å². The minimum absolute atomic E-state index is 0.132. The standard InChI is InChI=1S/C12H19O3Si.3C4H9.Sn/c1-5-10-11(6-7-12(13)15-10)14-8-9-16(2,3)4;3*1-3-4-2;/h1,5-7,10-11H,8-9H2,2-4H3;3*1,3-4H2,2H3;/t10-,11-;;;;/m0..../s1. The fourth-order valence-electron chi connectivity index (χ4n) is 3.83. The van der Waals surface area contributed by atoms with Crippen molar-refractivity contribution in [3.8, 4) is 0 Å². The average molecular weight is 529 g/mol. The average Bonchev–Trinajstić information content (AvgIpc) is 2.67. The molecule has 0 aromatic heterocycles. The normalized spacial score (nSPS) is 20.4. The van der Waals surface area contributed by atoms with Gasteiger partial charge in [0.05, 0.1) is 0 Å². The molecule has 3 nitrogen and oxygen atoms in total. The van der Waals surface area contributed by atoms with Crippen LogP contribution in [-0.2, 0) is 14.3 Å². The summed E-state index contributed by atoms with van der Waals surface area (Å²) >= 11 is -2.38. The molecule has 1 rings (SSSR count). The number of carbonyl (C=O) groups is 1. The van der Waals surface area contributed by atoms with Crippen molar-refractivity contribution in [2.75, 3.05) is 6.61 Å². The molecule has 0 aromatic carbocycles. The van der Waals surface area contributed by atoms with Crippen molar-refractivity contribution in [2.45, 2.75) is 110 Å². The second kappa shape index (κ2) is 14.1. The first-order chi connectivity index (χ1) is 13.7. The first-order valence-corrected chi connectivity index (χ1v) is 23.4. The Morgan fingerprint density at radius 1 is 1.03 bits per heavy atom. The summed E-state index contributed by atoms with van der Waals surface area (Å²) in [5, 5.41) is 0. The van der Waals surface area contributed by atoms with Crippen LogP contribution in [0.5, 0.6) is 0 Å². The van der Waals surface area contributed by atoms with Gasteiger partial charge in [-0.1, -0.05) is 0 Å². The third-order valence-corrected chi connectivity index (χ3v) is 21.7. The molecule has 0 saturated heterocycles. The maximum absolute atomic E-state index is 11.9. The number of ether oxygens (including phenoxy) is 2. The summed E-state index contributed by atoms with van der Waals surface area (Å²) in [7, 11) is -1.14. The van der Waals surface area contributed by atoms with Gasteiger partial charge in [0, 0.05) is 0 Å². The minimum atomic E-state index is -2.38. The molecule has 0 spiro atoms. The van der Waals surface area contributed by atoms with Crippen LogP contribution in [-0.4, -0.2) is 51.2 Å². The fraction of sp³-hybridized carbons (Fsp3) is 0.792. The number of cyclic esters (lactones) is 1. The number of esters is 1. The molecule has 1 aliphatic heterocycles. The van der Waals surface area contributed by atoms with E-state index in [9.17, 15) is 4.79 Å². The van der Waals surface area contributed by atoms with E-state index in [1.165, 1.54) is 57.9 Å². The van der Waals surface area contributed by atoms with Gasteiger partial charge < -0.3 is 0 Å². The molecule has 0 amide bonds. The molecule has 1 aliphatic rings. The van der Waals surface area contributed by atoms with Gasteiger partial charge in [0.15, 0.2) is 0 Å². The summed E-state index contributed by atoms with van der Waals surface area (Å²) in [5.74, 6) is -0.235. The fourth-order valence-corrected chi connectivity index (χ4v) is 18.9. The molecule has 0 bridgehead atoms. The molecule has 0 unspecified atom stereocenters. The van der Waals surface area contributed by atoms with Gasteiger partial charge in [-0.05, 0) is 0 Å². The van der Waals surface area contributed by atoms with E-state index in [0.29, 0.717) is 0 Å². The van der Waals surface area contributed by atoms with Crippen LogP contribution in [0.3, 0.4) is 0 Å². The predicted molar refractivity (Wildman–Crippen MR) is 131 cm³/mol. The van der Waals surface area contributed by atoms with Gasteiger partial charge in [-0.3, -0.25) is 0 Å². The van der Waals surface area contributed by atoms with E-state index >= 15 is 0 Å². The number of unbranched alkanes of at least 4 members (excludes halogenated alkanes) is 3. The Balaban J connectivity index is 2.94. The molecule has 0 saturated carbocycles. The molecule has 0 aliphatic carbocycles. The molecule has 0 radical (unpaired) electrons. The van der Waals surface area contributed by atoms with Crippen LogP contribution >= 0.6 is 0 Å². The zero-order chi connectivity index (χ0) is 21.8. The Morgan fingerprint density at radius 2 is 1.59 bits per heavy atom. The molecule has 2 atom stereocenters. The van der Waals surface area contributed by atoms with Crippen molar-refractivity contribution >= 4 is 32.4 Å². The number of carbonyl (C=O) groups excluding carboxylic acids is 1. The Kier molecular flexibility index (Phi) is 13.1. The number of hydrogen-bond donors (Lipinski definition) is 0. The first kappa shape index (κ1) is 27.0. The van der Waals surface area contributed by atoms with Gasteiger partial charge in [-0.2, -0.15) is 0 Å². The van der Waals surface area contributed by atoms with E-state index < -0.39 is 26.5 Å². The van der Waals surface area contributed by atoms with Crippen molar-refractivity contribution in [3.63, 3.8) is 0 Å². The van der Waals surface area contributed by atoms with Gasteiger partial charge in [-0.15, -0.1) is 0 Å². The summed E-state index contributed by atoms with van der Waals surface area (Å²) < 4.78 is 18.8. The Morgan fingerprint density at radius 3 is 2.07 bits per heavy atom. The van der Waals surface area contributed by atoms with Crippen molar-refractivity contribution in [2.24, 2.45) is 0 Å².